The first-order valence-electron chi connectivity index (χ1n) is 4.52. The number of carbonyl (C=O) groups is 1. The Balaban J connectivity index is 3.54. The van der Waals surface area contributed by atoms with Gasteiger partial charge in [0.2, 0.25) is 5.91 Å². The summed E-state index contributed by atoms with van der Waals surface area (Å²) in [5.74, 6) is 1.39. The number of carbonyl (C=O) groups excluding carboxylic acids is 1. The summed E-state index contributed by atoms with van der Waals surface area (Å²) in [5.41, 5.74) is 0. The number of nitrogens with zero attached hydrogens (tertiary/aromatic N) is 1. The van der Waals surface area contributed by atoms with Gasteiger partial charge in [0.15, 0.2) is 0 Å². The lowest BCUT2D eigenvalue weighted by atomic mass is 10.3. The number of thioether (sulfide) groups is 1. The lowest BCUT2D eigenvalue weighted by Gasteiger charge is -2.18. The topological polar surface area (TPSA) is 20.3 Å². The Bertz CT molecular complexity index is 124. The molecule has 1 amide bonds. The second kappa shape index (κ2) is 7.47. The minimum Gasteiger partial charge on any atom is -0.343 e. The normalized spacial score (nSPS) is 9.92. The second-order valence-electron chi connectivity index (χ2n) is 2.66. The van der Waals surface area contributed by atoms with E-state index in [1.165, 1.54) is 0 Å². The zero-order valence-electron chi connectivity index (χ0n) is 8.30. The van der Waals surface area contributed by atoms with E-state index in [0.29, 0.717) is 12.3 Å². The molecule has 0 aliphatic heterocycles. The highest BCUT2D eigenvalue weighted by atomic mass is 32.2. The molecule has 0 bridgehead atoms. The molecular weight excluding hydrogens is 170 g/mol. The predicted octanol–water partition coefficient (Wildman–Crippen LogP) is 2.00. The molecule has 3 heteroatoms. The van der Waals surface area contributed by atoms with E-state index in [2.05, 4.69) is 6.26 Å². The lowest BCUT2D eigenvalue weighted by molar-refractivity contribution is -0.130. The van der Waals surface area contributed by atoms with Crippen molar-refractivity contribution in [1.29, 1.82) is 0 Å². The van der Waals surface area contributed by atoms with Gasteiger partial charge in [-0.05, 0) is 32.3 Å². The van der Waals surface area contributed by atoms with Gasteiger partial charge in [0, 0.05) is 19.5 Å². The summed E-state index contributed by atoms with van der Waals surface area (Å²) in [7, 11) is 0. The van der Waals surface area contributed by atoms with Gasteiger partial charge in [-0.15, -0.1) is 0 Å². The maximum atomic E-state index is 11.4. The first-order chi connectivity index (χ1) is 5.76. The molecular formula is C9H19NOS. The summed E-state index contributed by atoms with van der Waals surface area (Å²) in [6, 6.07) is 0. The van der Waals surface area contributed by atoms with Crippen LogP contribution in [-0.2, 0) is 4.79 Å². The van der Waals surface area contributed by atoms with Gasteiger partial charge in [-0.2, -0.15) is 11.8 Å². The van der Waals surface area contributed by atoms with E-state index in [1.807, 2.05) is 18.7 Å². The van der Waals surface area contributed by atoms with Crippen molar-refractivity contribution in [2.24, 2.45) is 0 Å². The summed E-state index contributed by atoms with van der Waals surface area (Å²) < 4.78 is 0. The molecule has 72 valence electrons. The van der Waals surface area contributed by atoms with Crippen LogP contribution in [0.1, 0.15) is 26.7 Å². The largest absolute Gasteiger partial charge is 0.343 e. The molecule has 0 N–H and O–H groups in total. The van der Waals surface area contributed by atoms with Crippen molar-refractivity contribution in [1.82, 2.24) is 4.90 Å². The number of hydrogen-bond donors (Lipinski definition) is 0. The molecule has 0 saturated heterocycles. The van der Waals surface area contributed by atoms with Crippen molar-refractivity contribution in [3.8, 4) is 0 Å². The van der Waals surface area contributed by atoms with Crippen molar-refractivity contribution >= 4 is 17.7 Å². The molecule has 0 atom stereocenters. The molecule has 0 saturated carbocycles. The minimum absolute atomic E-state index is 0.300. The van der Waals surface area contributed by atoms with Crippen LogP contribution in [0.3, 0.4) is 0 Å². The zero-order chi connectivity index (χ0) is 9.40. The molecule has 0 aromatic rings. The zero-order valence-corrected chi connectivity index (χ0v) is 9.12. The van der Waals surface area contributed by atoms with Crippen LogP contribution in [0.25, 0.3) is 0 Å². The average molecular weight is 189 g/mol. The van der Waals surface area contributed by atoms with E-state index in [1.54, 1.807) is 11.8 Å². The first kappa shape index (κ1) is 11.8. The van der Waals surface area contributed by atoms with Crippen molar-refractivity contribution < 1.29 is 4.79 Å². The fourth-order valence-electron chi connectivity index (χ4n) is 1.10. The third kappa shape index (κ3) is 4.65. The van der Waals surface area contributed by atoms with Crippen molar-refractivity contribution in [2.45, 2.75) is 26.7 Å². The van der Waals surface area contributed by atoms with E-state index in [4.69, 9.17) is 0 Å². The summed E-state index contributed by atoms with van der Waals surface area (Å²) in [6.07, 6.45) is 3.79. The summed E-state index contributed by atoms with van der Waals surface area (Å²) in [6.45, 7) is 5.73. The lowest BCUT2D eigenvalue weighted by Crippen LogP contribution is -2.30. The summed E-state index contributed by atoms with van der Waals surface area (Å²) >= 11 is 1.80. The van der Waals surface area contributed by atoms with Crippen LogP contribution in [0, 0.1) is 0 Å². The van der Waals surface area contributed by atoms with Crippen molar-refractivity contribution in [3.63, 3.8) is 0 Å². The Morgan fingerprint density at radius 3 is 2.33 bits per heavy atom. The minimum atomic E-state index is 0.300. The molecule has 12 heavy (non-hydrogen) atoms. The molecule has 2 nitrogen and oxygen atoms in total. The van der Waals surface area contributed by atoms with Crippen LogP contribution in [-0.4, -0.2) is 35.9 Å². The van der Waals surface area contributed by atoms with Gasteiger partial charge in [-0.3, -0.25) is 4.79 Å². The van der Waals surface area contributed by atoms with E-state index in [0.717, 1.165) is 25.3 Å². The third-order valence-corrected chi connectivity index (χ3v) is 2.55. The van der Waals surface area contributed by atoms with Crippen molar-refractivity contribution in [2.75, 3.05) is 25.1 Å². The maximum Gasteiger partial charge on any atom is 0.222 e. The molecule has 0 aromatic heterocycles. The highest BCUT2D eigenvalue weighted by molar-refractivity contribution is 7.98. The highest BCUT2D eigenvalue weighted by Gasteiger charge is 2.07. The number of rotatable bonds is 6. The standard InChI is InChI=1S/C9H19NOS/c1-4-10(5-2)9(11)7-6-8-12-3/h4-8H2,1-3H3. The summed E-state index contributed by atoms with van der Waals surface area (Å²) in [5, 5.41) is 0. The quantitative estimate of drug-likeness (QED) is 0.596. The molecule has 0 aliphatic carbocycles. The molecule has 0 rings (SSSR count). The molecule has 0 heterocycles. The molecule has 0 unspecified atom stereocenters. The van der Waals surface area contributed by atoms with Gasteiger partial charge >= 0.3 is 0 Å². The van der Waals surface area contributed by atoms with E-state index < -0.39 is 0 Å². The SMILES string of the molecule is CCN(CC)C(=O)CCCSC. The monoisotopic (exact) mass is 189 g/mol. The summed E-state index contributed by atoms with van der Waals surface area (Å²) in [4.78, 5) is 13.3. The third-order valence-electron chi connectivity index (χ3n) is 1.86. The van der Waals surface area contributed by atoms with Gasteiger partial charge in [-0.1, -0.05) is 0 Å². The van der Waals surface area contributed by atoms with E-state index in [9.17, 15) is 4.79 Å². The van der Waals surface area contributed by atoms with Gasteiger partial charge in [0.1, 0.15) is 0 Å². The number of hydrogen-bond acceptors (Lipinski definition) is 2. The Hall–Kier alpha value is -0.180. The first-order valence-corrected chi connectivity index (χ1v) is 5.92. The van der Waals surface area contributed by atoms with Gasteiger partial charge in [0.05, 0.1) is 0 Å². The van der Waals surface area contributed by atoms with E-state index in [-0.39, 0.29) is 0 Å². The van der Waals surface area contributed by atoms with Gasteiger partial charge in [-0.25, -0.2) is 0 Å². The average Bonchev–Trinajstić information content (AvgIpc) is 2.07. The Morgan fingerprint density at radius 2 is 1.92 bits per heavy atom. The fourth-order valence-corrected chi connectivity index (χ4v) is 1.54. The molecule has 0 fully saturated rings. The van der Waals surface area contributed by atoms with Crippen molar-refractivity contribution in [3.05, 3.63) is 0 Å². The van der Waals surface area contributed by atoms with Crippen LogP contribution in [0.2, 0.25) is 0 Å². The van der Waals surface area contributed by atoms with Crippen LogP contribution >= 0.6 is 11.8 Å². The molecule has 0 aromatic carbocycles. The Labute approximate surface area is 79.7 Å². The van der Waals surface area contributed by atoms with Crippen LogP contribution in [0.15, 0.2) is 0 Å². The predicted molar refractivity (Wildman–Crippen MR) is 55.5 cm³/mol. The molecule has 0 spiro atoms. The molecule has 0 radical (unpaired) electrons. The second-order valence-corrected chi connectivity index (χ2v) is 3.65. The van der Waals surface area contributed by atoms with Gasteiger partial charge in [0.25, 0.3) is 0 Å². The van der Waals surface area contributed by atoms with Crippen LogP contribution < -0.4 is 0 Å². The maximum absolute atomic E-state index is 11.4. The number of amides is 1. The fraction of sp³-hybridized carbons (Fsp3) is 0.889. The Kier molecular flexibility index (Phi) is 7.36. The smallest absolute Gasteiger partial charge is 0.222 e. The van der Waals surface area contributed by atoms with Crippen LogP contribution in [0.4, 0.5) is 0 Å². The molecule has 0 aliphatic rings. The van der Waals surface area contributed by atoms with E-state index >= 15 is 0 Å². The van der Waals surface area contributed by atoms with Gasteiger partial charge < -0.3 is 4.90 Å². The van der Waals surface area contributed by atoms with Crippen LogP contribution in [0.5, 0.6) is 0 Å². The highest BCUT2D eigenvalue weighted by Crippen LogP contribution is 2.02. The Morgan fingerprint density at radius 1 is 1.33 bits per heavy atom.